The van der Waals surface area contributed by atoms with E-state index in [1.807, 2.05) is 39.0 Å². The number of amides is 1. The van der Waals surface area contributed by atoms with Crippen molar-refractivity contribution in [2.75, 3.05) is 13.2 Å². The van der Waals surface area contributed by atoms with Crippen LogP contribution in [-0.2, 0) is 0 Å². The van der Waals surface area contributed by atoms with Crippen molar-refractivity contribution in [3.63, 3.8) is 0 Å². The summed E-state index contributed by atoms with van der Waals surface area (Å²) in [6.45, 7) is 8.95. The fourth-order valence-corrected chi connectivity index (χ4v) is 3.49. The third kappa shape index (κ3) is 5.82. The molecule has 2 aromatic carbocycles. The number of carbonyl (C=O) groups excluding carboxylic acids is 1. The quantitative estimate of drug-likeness (QED) is 0.274. The zero-order valence-electron chi connectivity index (χ0n) is 18.6. The number of carbonyl (C=O) groups is 1. The molecule has 32 heavy (non-hydrogen) atoms. The summed E-state index contributed by atoms with van der Waals surface area (Å²) in [7, 11) is 0. The fourth-order valence-electron chi connectivity index (χ4n) is 2.93. The summed E-state index contributed by atoms with van der Waals surface area (Å²) in [6.07, 6.45) is 2.47. The molecule has 1 aromatic heterocycles. The summed E-state index contributed by atoms with van der Waals surface area (Å²) in [5, 5.41) is 4.84. The molecule has 1 amide bonds. The van der Waals surface area contributed by atoms with Crippen LogP contribution in [0.4, 0.5) is 0 Å². The molecule has 3 rings (SSSR count). The number of nitrogens with one attached hydrogen (secondary N) is 1. The van der Waals surface area contributed by atoms with Crippen molar-refractivity contribution in [1.29, 1.82) is 0 Å². The first-order valence-corrected chi connectivity index (χ1v) is 11.4. The van der Waals surface area contributed by atoms with Gasteiger partial charge in [-0.15, -0.1) is 0 Å². The molecule has 170 valence electrons. The zero-order chi connectivity index (χ0) is 23.1. The van der Waals surface area contributed by atoms with Crippen LogP contribution < -0.4 is 19.6 Å². The van der Waals surface area contributed by atoms with Crippen molar-refractivity contribution in [3.05, 3.63) is 52.2 Å². The molecule has 1 N–H and O–H groups in total. The van der Waals surface area contributed by atoms with Crippen molar-refractivity contribution in [2.45, 2.75) is 40.2 Å². The number of hydrogen-bond donors (Lipinski definition) is 1. The van der Waals surface area contributed by atoms with Gasteiger partial charge in [-0.1, -0.05) is 6.92 Å². The van der Waals surface area contributed by atoms with Gasteiger partial charge >= 0.3 is 5.91 Å². The first kappa shape index (κ1) is 23.7. The van der Waals surface area contributed by atoms with Gasteiger partial charge in [0, 0.05) is 5.39 Å². The molecule has 0 saturated heterocycles. The zero-order valence-corrected chi connectivity index (χ0v) is 20.2. The number of hydrazone groups is 1. The van der Waals surface area contributed by atoms with E-state index in [1.165, 1.54) is 6.21 Å². The van der Waals surface area contributed by atoms with Gasteiger partial charge in [0.05, 0.1) is 30.0 Å². The van der Waals surface area contributed by atoms with E-state index in [4.69, 9.17) is 18.6 Å². The minimum Gasteiger partial charge on any atom is -0.494 e. The monoisotopic (exact) mass is 502 g/mol. The van der Waals surface area contributed by atoms with Gasteiger partial charge in [0.25, 0.3) is 0 Å². The lowest BCUT2D eigenvalue weighted by Gasteiger charge is -2.18. The largest absolute Gasteiger partial charge is 0.494 e. The standard InChI is InChI=1S/C24H27BrN2O5/c1-5-15(4)31-23-19(25)10-16(11-21(23)30-7-3)14-26-27-24(28)22-13-17-12-18(29-6-2)8-9-20(17)32-22/h8-15H,5-7H2,1-4H3,(H,27,28)/b26-14+/t15-/m1/s1. The molecule has 0 fully saturated rings. The predicted octanol–water partition coefficient (Wildman–Crippen LogP) is 5.93. The van der Waals surface area contributed by atoms with Crippen LogP contribution >= 0.6 is 15.9 Å². The first-order chi connectivity index (χ1) is 15.4. The van der Waals surface area contributed by atoms with Crippen LogP contribution in [0.5, 0.6) is 17.2 Å². The van der Waals surface area contributed by atoms with Gasteiger partial charge in [0.1, 0.15) is 11.3 Å². The lowest BCUT2D eigenvalue weighted by atomic mass is 10.2. The Balaban J connectivity index is 1.73. The van der Waals surface area contributed by atoms with E-state index in [2.05, 4.69) is 33.4 Å². The Kier molecular flexibility index (Phi) is 8.16. The molecule has 0 saturated carbocycles. The van der Waals surface area contributed by atoms with E-state index in [-0.39, 0.29) is 11.9 Å². The number of nitrogens with zero attached hydrogens (tertiary/aromatic N) is 1. The van der Waals surface area contributed by atoms with Crippen LogP contribution in [0.15, 0.2) is 50.4 Å². The fraction of sp³-hybridized carbons (Fsp3) is 0.333. The second kappa shape index (κ2) is 11.0. The maximum Gasteiger partial charge on any atom is 0.307 e. The Morgan fingerprint density at radius 1 is 1.16 bits per heavy atom. The smallest absolute Gasteiger partial charge is 0.307 e. The highest BCUT2D eigenvalue weighted by molar-refractivity contribution is 9.10. The third-order valence-corrected chi connectivity index (χ3v) is 5.22. The van der Waals surface area contributed by atoms with Crippen LogP contribution in [0.2, 0.25) is 0 Å². The van der Waals surface area contributed by atoms with Gasteiger partial charge in [0.2, 0.25) is 0 Å². The average molecular weight is 503 g/mol. The number of rotatable bonds is 10. The second-order valence-corrected chi connectivity index (χ2v) is 7.90. The summed E-state index contributed by atoms with van der Waals surface area (Å²) in [6, 6.07) is 10.7. The van der Waals surface area contributed by atoms with E-state index in [0.717, 1.165) is 27.6 Å². The number of halogens is 1. The lowest BCUT2D eigenvalue weighted by Crippen LogP contribution is -2.16. The number of benzene rings is 2. The molecule has 0 radical (unpaired) electrons. The van der Waals surface area contributed by atoms with Gasteiger partial charge < -0.3 is 18.6 Å². The van der Waals surface area contributed by atoms with E-state index in [0.29, 0.717) is 30.3 Å². The van der Waals surface area contributed by atoms with E-state index in [1.54, 1.807) is 18.2 Å². The molecule has 0 aliphatic rings. The number of furan rings is 1. The maximum absolute atomic E-state index is 12.5. The van der Waals surface area contributed by atoms with Crippen LogP contribution in [0.3, 0.4) is 0 Å². The summed E-state index contributed by atoms with van der Waals surface area (Å²) < 4.78 is 23.6. The molecular weight excluding hydrogens is 476 g/mol. The molecule has 0 spiro atoms. The van der Waals surface area contributed by atoms with Crippen LogP contribution in [0.1, 0.15) is 50.2 Å². The summed E-state index contributed by atoms with van der Waals surface area (Å²) in [5.41, 5.74) is 3.83. The number of fused-ring (bicyclic) bond motifs is 1. The summed E-state index contributed by atoms with van der Waals surface area (Å²) in [5.74, 6) is 1.70. The molecule has 0 unspecified atom stereocenters. The Labute approximate surface area is 195 Å². The Morgan fingerprint density at radius 2 is 1.94 bits per heavy atom. The molecule has 0 aliphatic carbocycles. The highest BCUT2D eigenvalue weighted by Gasteiger charge is 2.15. The topological polar surface area (TPSA) is 82.3 Å². The highest BCUT2D eigenvalue weighted by atomic mass is 79.9. The highest BCUT2D eigenvalue weighted by Crippen LogP contribution is 2.37. The Bertz CT molecular complexity index is 1110. The van der Waals surface area contributed by atoms with Crippen molar-refractivity contribution in [1.82, 2.24) is 5.43 Å². The second-order valence-electron chi connectivity index (χ2n) is 7.04. The SMILES string of the molecule is CCOc1ccc2oc(C(=O)N/N=C/c3cc(Br)c(O[C@H](C)CC)c(OCC)c3)cc2c1. The van der Waals surface area contributed by atoms with Gasteiger partial charge in [-0.3, -0.25) is 4.79 Å². The molecular formula is C24H27BrN2O5. The summed E-state index contributed by atoms with van der Waals surface area (Å²) in [4.78, 5) is 12.5. The Morgan fingerprint density at radius 3 is 2.66 bits per heavy atom. The van der Waals surface area contributed by atoms with Gasteiger partial charge in [-0.25, -0.2) is 5.43 Å². The number of ether oxygens (including phenoxy) is 3. The molecule has 0 bridgehead atoms. The third-order valence-electron chi connectivity index (χ3n) is 4.63. The minimum atomic E-state index is -0.448. The molecule has 1 atom stereocenters. The molecule has 3 aromatic rings. The maximum atomic E-state index is 12.5. The molecule has 8 heteroatoms. The van der Waals surface area contributed by atoms with Crippen LogP contribution in [0, 0.1) is 0 Å². The molecule has 7 nitrogen and oxygen atoms in total. The normalized spacial score (nSPS) is 12.2. The number of hydrogen-bond acceptors (Lipinski definition) is 6. The first-order valence-electron chi connectivity index (χ1n) is 10.6. The van der Waals surface area contributed by atoms with Crippen molar-refractivity contribution in [2.24, 2.45) is 5.10 Å². The molecule has 1 heterocycles. The average Bonchev–Trinajstić information content (AvgIpc) is 3.20. The van der Waals surface area contributed by atoms with Crippen molar-refractivity contribution in [3.8, 4) is 17.2 Å². The lowest BCUT2D eigenvalue weighted by molar-refractivity contribution is 0.0929. The van der Waals surface area contributed by atoms with E-state index < -0.39 is 5.91 Å². The Hall–Kier alpha value is -3.00. The van der Waals surface area contributed by atoms with Crippen molar-refractivity contribution < 1.29 is 23.4 Å². The summed E-state index contributed by atoms with van der Waals surface area (Å²) >= 11 is 3.54. The van der Waals surface area contributed by atoms with E-state index in [9.17, 15) is 4.79 Å². The van der Waals surface area contributed by atoms with Crippen LogP contribution in [0.25, 0.3) is 11.0 Å². The van der Waals surface area contributed by atoms with E-state index >= 15 is 0 Å². The van der Waals surface area contributed by atoms with Gasteiger partial charge in [-0.2, -0.15) is 5.10 Å². The molecule has 0 aliphatic heterocycles. The van der Waals surface area contributed by atoms with Crippen LogP contribution in [-0.4, -0.2) is 31.4 Å². The predicted molar refractivity (Wildman–Crippen MR) is 128 cm³/mol. The minimum absolute atomic E-state index is 0.0535. The van der Waals surface area contributed by atoms with Crippen molar-refractivity contribution >= 4 is 39.0 Å². The van der Waals surface area contributed by atoms with Gasteiger partial charge in [0.15, 0.2) is 17.3 Å². The van der Waals surface area contributed by atoms with Gasteiger partial charge in [-0.05, 0) is 85.1 Å².